The van der Waals surface area contributed by atoms with Gasteiger partial charge in [0.2, 0.25) is 5.91 Å². The lowest BCUT2D eigenvalue weighted by atomic mass is 9.75. The van der Waals surface area contributed by atoms with Crippen molar-refractivity contribution in [2.24, 2.45) is 11.8 Å². The molecule has 3 nitrogen and oxygen atoms in total. The van der Waals surface area contributed by atoms with Crippen molar-refractivity contribution in [3.05, 3.63) is 16.1 Å². The highest BCUT2D eigenvalue weighted by Crippen LogP contribution is 2.44. The molecule has 0 saturated heterocycles. The molecule has 0 bridgehead atoms. The zero-order chi connectivity index (χ0) is 16.7. The summed E-state index contributed by atoms with van der Waals surface area (Å²) in [4.78, 5) is 17.0. The van der Waals surface area contributed by atoms with Crippen molar-refractivity contribution in [2.45, 2.75) is 63.6 Å². The maximum Gasteiger partial charge on any atom is 0.391 e. The molecule has 2 aliphatic carbocycles. The molecule has 0 aromatic carbocycles. The van der Waals surface area contributed by atoms with Crippen molar-refractivity contribution >= 4 is 17.2 Å². The maximum atomic E-state index is 12.9. The van der Waals surface area contributed by atoms with Crippen LogP contribution in [-0.4, -0.2) is 17.1 Å². The Morgan fingerprint density at radius 1 is 1.35 bits per heavy atom. The van der Waals surface area contributed by atoms with Gasteiger partial charge in [0.1, 0.15) is 5.01 Å². The molecule has 1 heterocycles. The fourth-order valence-corrected chi connectivity index (χ4v) is 4.57. The fourth-order valence-electron chi connectivity index (χ4n) is 3.56. The van der Waals surface area contributed by atoms with Gasteiger partial charge in [0.15, 0.2) is 0 Å². The van der Waals surface area contributed by atoms with Crippen LogP contribution in [0.5, 0.6) is 0 Å². The molecule has 2 fully saturated rings. The quantitative estimate of drug-likeness (QED) is 0.886. The van der Waals surface area contributed by atoms with Crippen molar-refractivity contribution in [3.63, 3.8) is 0 Å². The average molecular weight is 346 g/mol. The Labute approximate surface area is 137 Å². The molecule has 1 aromatic rings. The van der Waals surface area contributed by atoms with Crippen LogP contribution in [0.4, 0.5) is 13.2 Å². The van der Waals surface area contributed by atoms with E-state index in [1.165, 1.54) is 11.3 Å². The summed E-state index contributed by atoms with van der Waals surface area (Å²) in [5.74, 6) is -2.10. The van der Waals surface area contributed by atoms with Crippen LogP contribution < -0.4 is 5.32 Å². The molecule has 1 aromatic heterocycles. The van der Waals surface area contributed by atoms with Crippen LogP contribution in [0, 0.1) is 18.8 Å². The first kappa shape index (κ1) is 16.7. The Kier molecular flexibility index (Phi) is 4.42. The number of hydrogen-bond acceptors (Lipinski definition) is 3. The zero-order valence-electron chi connectivity index (χ0n) is 13.1. The van der Waals surface area contributed by atoms with Gasteiger partial charge in [-0.1, -0.05) is 6.42 Å². The number of aromatic nitrogens is 1. The van der Waals surface area contributed by atoms with E-state index in [2.05, 4.69) is 10.3 Å². The lowest BCUT2D eigenvalue weighted by Crippen LogP contribution is -2.53. The van der Waals surface area contributed by atoms with Crippen molar-refractivity contribution in [1.82, 2.24) is 10.3 Å². The molecular weight excluding hydrogens is 325 g/mol. The molecule has 2 atom stereocenters. The predicted molar refractivity (Wildman–Crippen MR) is 82.0 cm³/mol. The minimum atomic E-state index is -4.19. The fraction of sp³-hybridized carbons (Fsp3) is 0.750. The molecule has 2 aliphatic rings. The van der Waals surface area contributed by atoms with Gasteiger partial charge in [-0.15, -0.1) is 11.3 Å². The van der Waals surface area contributed by atoms with Gasteiger partial charge in [0.05, 0.1) is 11.5 Å². The molecular formula is C16H21F3N2OS. The second-order valence-corrected chi connectivity index (χ2v) is 7.68. The largest absolute Gasteiger partial charge is 0.391 e. The predicted octanol–water partition coefficient (Wildman–Crippen LogP) is 4.32. The highest BCUT2D eigenvalue weighted by atomic mass is 32.1. The van der Waals surface area contributed by atoms with Crippen molar-refractivity contribution in [3.8, 4) is 0 Å². The van der Waals surface area contributed by atoms with E-state index in [-0.39, 0.29) is 18.7 Å². The number of carbonyl (C=O) groups is 1. The lowest BCUT2D eigenvalue weighted by Gasteiger charge is -2.42. The number of amides is 1. The smallest absolute Gasteiger partial charge is 0.344 e. The number of aryl methyl sites for hydroxylation is 1. The van der Waals surface area contributed by atoms with Gasteiger partial charge in [-0.3, -0.25) is 4.79 Å². The van der Waals surface area contributed by atoms with Crippen molar-refractivity contribution < 1.29 is 18.0 Å². The molecule has 128 valence electrons. The van der Waals surface area contributed by atoms with Gasteiger partial charge >= 0.3 is 6.18 Å². The van der Waals surface area contributed by atoms with Gasteiger partial charge in [-0.05, 0) is 45.4 Å². The Morgan fingerprint density at radius 2 is 2.09 bits per heavy atom. The van der Waals surface area contributed by atoms with Gasteiger partial charge in [-0.2, -0.15) is 13.2 Å². The Hall–Kier alpha value is -1.11. The third kappa shape index (κ3) is 3.39. The summed E-state index contributed by atoms with van der Waals surface area (Å²) in [6.45, 7) is 1.91. The SMILES string of the molecule is Cc1csc(C2(NC(=O)[C@@H]3CCC[C@H](C(F)(F)F)C3)CCC2)n1. The van der Waals surface area contributed by atoms with Crippen LogP contribution in [-0.2, 0) is 10.3 Å². The normalized spacial score (nSPS) is 27.3. The van der Waals surface area contributed by atoms with Crippen LogP contribution in [0.3, 0.4) is 0 Å². The molecule has 3 rings (SSSR count). The topological polar surface area (TPSA) is 42.0 Å². The Bertz CT molecular complexity index is 580. The first-order valence-electron chi connectivity index (χ1n) is 8.11. The summed E-state index contributed by atoms with van der Waals surface area (Å²) in [6, 6.07) is 0. The van der Waals surface area contributed by atoms with Crippen molar-refractivity contribution in [1.29, 1.82) is 0 Å². The number of halogens is 3. The van der Waals surface area contributed by atoms with E-state index in [0.29, 0.717) is 12.8 Å². The van der Waals surface area contributed by atoms with Crippen LogP contribution >= 0.6 is 11.3 Å². The third-order valence-electron chi connectivity index (χ3n) is 5.11. The lowest BCUT2D eigenvalue weighted by molar-refractivity contribution is -0.186. The molecule has 0 aliphatic heterocycles. The monoisotopic (exact) mass is 346 g/mol. The summed E-state index contributed by atoms with van der Waals surface area (Å²) >= 11 is 1.52. The number of nitrogens with one attached hydrogen (secondary N) is 1. The summed E-state index contributed by atoms with van der Waals surface area (Å²) in [5, 5.41) is 5.88. The number of alkyl halides is 3. The average Bonchev–Trinajstić information content (AvgIpc) is 2.88. The second-order valence-electron chi connectivity index (χ2n) is 6.82. The Morgan fingerprint density at radius 3 is 2.61 bits per heavy atom. The minimum Gasteiger partial charge on any atom is -0.344 e. The molecule has 23 heavy (non-hydrogen) atoms. The van der Waals surface area contributed by atoms with E-state index in [0.717, 1.165) is 30.0 Å². The molecule has 1 N–H and O–H groups in total. The molecule has 2 saturated carbocycles. The summed E-state index contributed by atoms with van der Waals surface area (Å²) in [7, 11) is 0. The summed E-state index contributed by atoms with van der Waals surface area (Å²) in [5.41, 5.74) is 0.474. The van der Waals surface area contributed by atoms with E-state index in [1.54, 1.807) is 0 Å². The van der Waals surface area contributed by atoms with Crippen LogP contribution in [0.2, 0.25) is 0 Å². The maximum absolute atomic E-state index is 12.9. The van der Waals surface area contributed by atoms with E-state index in [1.807, 2.05) is 12.3 Å². The third-order valence-corrected chi connectivity index (χ3v) is 6.27. The Balaban J connectivity index is 1.68. The van der Waals surface area contributed by atoms with E-state index in [9.17, 15) is 18.0 Å². The van der Waals surface area contributed by atoms with Crippen LogP contribution in [0.15, 0.2) is 5.38 Å². The summed E-state index contributed by atoms with van der Waals surface area (Å²) in [6.07, 6.45) is -0.472. The van der Waals surface area contributed by atoms with Gasteiger partial charge in [0.25, 0.3) is 0 Å². The first-order valence-corrected chi connectivity index (χ1v) is 8.99. The summed E-state index contributed by atoms with van der Waals surface area (Å²) < 4.78 is 38.8. The number of rotatable bonds is 3. The van der Waals surface area contributed by atoms with Crippen molar-refractivity contribution in [2.75, 3.05) is 0 Å². The molecule has 0 unspecified atom stereocenters. The van der Waals surface area contributed by atoms with Crippen LogP contribution in [0.1, 0.15) is 55.6 Å². The number of nitrogens with zero attached hydrogens (tertiary/aromatic N) is 1. The molecule has 1 amide bonds. The number of hydrogen-bond donors (Lipinski definition) is 1. The number of thiazole rings is 1. The number of carbonyl (C=O) groups excluding carboxylic acids is 1. The first-order chi connectivity index (χ1) is 10.8. The van der Waals surface area contributed by atoms with E-state index in [4.69, 9.17) is 0 Å². The van der Waals surface area contributed by atoms with E-state index < -0.39 is 23.6 Å². The van der Waals surface area contributed by atoms with Gasteiger partial charge in [-0.25, -0.2) is 4.98 Å². The second kappa shape index (κ2) is 6.07. The highest BCUT2D eigenvalue weighted by Gasteiger charge is 2.47. The van der Waals surface area contributed by atoms with Crippen LogP contribution in [0.25, 0.3) is 0 Å². The highest BCUT2D eigenvalue weighted by molar-refractivity contribution is 7.09. The molecule has 0 spiro atoms. The molecule has 7 heteroatoms. The minimum absolute atomic E-state index is 0.0810. The van der Waals surface area contributed by atoms with E-state index >= 15 is 0 Å². The standard InChI is InChI=1S/C16H21F3N2OS/c1-10-9-23-14(20-10)15(6-3-7-15)21-13(22)11-4-2-5-12(8-11)16(17,18)19/h9,11-12H,2-8H2,1H3,(H,21,22)/t11-,12+/m1/s1. The van der Waals surface area contributed by atoms with Gasteiger partial charge < -0.3 is 5.32 Å². The van der Waals surface area contributed by atoms with Gasteiger partial charge in [0, 0.05) is 17.0 Å². The molecule has 0 radical (unpaired) electrons. The zero-order valence-corrected chi connectivity index (χ0v) is 13.9.